The largest absolute Gasteiger partial charge is 0.478 e. The lowest BCUT2D eigenvalue weighted by Gasteiger charge is -2.12. The summed E-state index contributed by atoms with van der Waals surface area (Å²) in [6.45, 7) is 0. The van der Waals surface area contributed by atoms with Gasteiger partial charge in [0, 0.05) is 10.7 Å². The zero-order chi connectivity index (χ0) is 14.9. The molecule has 8 heteroatoms. The molecule has 0 amide bonds. The fraction of sp³-hybridized carbons (Fsp3) is 0. The van der Waals surface area contributed by atoms with Crippen LogP contribution in [0.3, 0.4) is 0 Å². The van der Waals surface area contributed by atoms with E-state index in [1.165, 1.54) is 12.1 Å². The highest BCUT2D eigenvalue weighted by molar-refractivity contribution is 9.10. The number of nitrogen functional groups attached to an aromatic ring is 1. The lowest BCUT2D eigenvalue weighted by atomic mass is 10.2. The minimum Gasteiger partial charge on any atom is -0.478 e. The summed E-state index contributed by atoms with van der Waals surface area (Å²) >= 11 is 9.09. The predicted octanol–water partition coefficient (Wildman–Crippen LogP) is 3.66. The molecule has 5 nitrogen and oxygen atoms in total. The molecule has 1 aromatic carbocycles. The second-order valence-electron chi connectivity index (χ2n) is 3.84. The summed E-state index contributed by atoms with van der Waals surface area (Å²) in [6.07, 6.45) is 1.16. The van der Waals surface area contributed by atoms with Crippen molar-refractivity contribution in [2.75, 3.05) is 11.1 Å². The Labute approximate surface area is 126 Å². The maximum absolute atomic E-state index is 13.1. The standard InChI is InChI=1S/C12H8BrClFN3O2/c13-7-2-6(15)3-8(14)10(7)18-11-9(16)1-5(4-17-11)12(19)20/h1-4H,16H2,(H,17,18)(H,19,20). The fourth-order valence-corrected chi connectivity index (χ4v) is 2.38. The molecule has 0 saturated heterocycles. The first-order valence-electron chi connectivity index (χ1n) is 5.29. The van der Waals surface area contributed by atoms with Gasteiger partial charge in [0.1, 0.15) is 5.82 Å². The molecule has 2 aromatic rings. The van der Waals surface area contributed by atoms with Crippen LogP contribution in [0, 0.1) is 5.82 Å². The van der Waals surface area contributed by atoms with Gasteiger partial charge in [-0.25, -0.2) is 14.2 Å². The SMILES string of the molecule is Nc1cc(C(=O)O)cnc1Nc1c(Cl)cc(F)cc1Br. The highest BCUT2D eigenvalue weighted by Gasteiger charge is 2.12. The Kier molecular flexibility index (Phi) is 4.10. The van der Waals surface area contributed by atoms with Crippen molar-refractivity contribution in [1.29, 1.82) is 0 Å². The molecule has 0 aliphatic rings. The monoisotopic (exact) mass is 359 g/mol. The van der Waals surface area contributed by atoms with E-state index in [1.54, 1.807) is 0 Å². The van der Waals surface area contributed by atoms with Crippen LogP contribution in [0.15, 0.2) is 28.9 Å². The van der Waals surface area contributed by atoms with Gasteiger partial charge in [-0.15, -0.1) is 0 Å². The number of aromatic nitrogens is 1. The van der Waals surface area contributed by atoms with Crippen molar-refractivity contribution < 1.29 is 14.3 Å². The minimum atomic E-state index is -1.13. The lowest BCUT2D eigenvalue weighted by Crippen LogP contribution is -2.04. The molecule has 1 aromatic heterocycles. The van der Waals surface area contributed by atoms with Crippen LogP contribution < -0.4 is 11.1 Å². The van der Waals surface area contributed by atoms with Gasteiger partial charge in [-0.3, -0.25) is 0 Å². The Hall–Kier alpha value is -1.86. The predicted molar refractivity (Wildman–Crippen MR) is 78.0 cm³/mol. The van der Waals surface area contributed by atoms with Gasteiger partial charge in [0.2, 0.25) is 0 Å². The van der Waals surface area contributed by atoms with E-state index >= 15 is 0 Å². The van der Waals surface area contributed by atoms with E-state index in [2.05, 4.69) is 26.2 Å². The Bertz CT molecular complexity index is 673. The summed E-state index contributed by atoms with van der Waals surface area (Å²) in [6, 6.07) is 3.63. The normalized spacial score (nSPS) is 10.3. The first-order valence-corrected chi connectivity index (χ1v) is 6.46. The summed E-state index contributed by atoms with van der Waals surface area (Å²) in [5.74, 6) is -1.39. The molecule has 0 spiro atoms. The number of hydrogen-bond acceptors (Lipinski definition) is 4. The molecule has 0 radical (unpaired) electrons. The highest BCUT2D eigenvalue weighted by Crippen LogP contribution is 2.34. The van der Waals surface area contributed by atoms with Crippen LogP contribution in [0.1, 0.15) is 10.4 Å². The summed E-state index contributed by atoms with van der Waals surface area (Å²) in [5.41, 5.74) is 6.21. The van der Waals surface area contributed by atoms with E-state index in [0.717, 1.165) is 12.3 Å². The highest BCUT2D eigenvalue weighted by atomic mass is 79.9. The topological polar surface area (TPSA) is 88.2 Å². The smallest absolute Gasteiger partial charge is 0.337 e. The van der Waals surface area contributed by atoms with Crippen molar-refractivity contribution in [1.82, 2.24) is 4.98 Å². The van der Waals surface area contributed by atoms with E-state index in [0.29, 0.717) is 10.2 Å². The molecule has 0 fully saturated rings. The number of halogens is 3. The van der Waals surface area contributed by atoms with E-state index in [9.17, 15) is 9.18 Å². The van der Waals surface area contributed by atoms with E-state index in [-0.39, 0.29) is 22.1 Å². The van der Waals surface area contributed by atoms with Gasteiger partial charge in [-0.2, -0.15) is 0 Å². The zero-order valence-electron chi connectivity index (χ0n) is 9.82. The van der Waals surface area contributed by atoms with Gasteiger partial charge in [0.15, 0.2) is 5.82 Å². The number of carboxylic acid groups (broad SMARTS) is 1. The summed E-state index contributed by atoms with van der Waals surface area (Å²) in [5, 5.41) is 11.8. The number of nitrogens with zero attached hydrogens (tertiary/aromatic N) is 1. The van der Waals surface area contributed by atoms with Crippen LogP contribution in [0.5, 0.6) is 0 Å². The minimum absolute atomic E-state index is 0.0303. The number of hydrogen-bond donors (Lipinski definition) is 3. The summed E-state index contributed by atoms with van der Waals surface area (Å²) in [4.78, 5) is 14.7. The first kappa shape index (κ1) is 14.5. The van der Waals surface area contributed by atoms with Gasteiger partial charge in [-0.05, 0) is 34.1 Å². The number of benzene rings is 1. The molecule has 1 heterocycles. The van der Waals surface area contributed by atoms with Gasteiger partial charge < -0.3 is 16.2 Å². The Morgan fingerprint density at radius 3 is 2.70 bits per heavy atom. The number of anilines is 3. The number of aromatic carboxylic acids is 1. The van der Waals surface area contributed by atoms with Crippen molar-refractivity contribution in [3.05, 3.63) is 45.3 Å². The molecule has 20 heavy (non-hydrogen) atoms. The number of rotatable bonds is 3. The van der Waals surface area contributed by atoms with Gasteiger partial charge in [-0.1, -0.05) is 11.6 Å². The molecule has 0 bridgehead atoms. The van der Waals surface area contributed by atoms with Crippen LogP contribution in [0.2, 0.25) is 5.02 Å². The third kappa shape index (κ3) is 3.00. The average Bonchev–Trinajstić information content (AvgIpc) is 2.34. The molecule has 0 saturated carbocycles. The summed E-state index contributed by atoms with van der Waals surface area (Å²) in [7, 11) is 0. The number of carbonyl (C=O) groups is 1. The average molecular weight is 361 g/mol. The number of pyridine rings is 1. The van der Waals surface area contributed by atoms with Crippen molar-refractivity contribution in [3.63, 3.8) is 0 Å². The van der Waals surface area contributed by atoms with E-state index in [4.69, 9.17) is 22.4 Å². The Balaban J connectivity index is 2.38. The van der Waals surface area contributed by atoms with E-state index in [1.807, 2.05) is 0 Å². The van der Waals surface area contributed by atoms with Gasteiger partial charge in [0.25, 0.3) is 0 Å². The van der Waals surface area contributed by atoms with Crippen molar-refractivity contribution >= 4 is 50.7 Å². The number of nitrogens with two attached hydrogens (primary N) is 1. The molecule has 0 unspecified atom stereocenters. The zero-order valence-corrected chi connectivity index (χ0v) is 12.2. The van der Waals surface area contributed by atoms with Gasteiger partial charge in [0.05, 0.1) is 22.0 Å². The third-order valence-corrected chi connectivity index (χ3v) is 3.34. The third-order valence-electron chi connectivity index (χ3n) is 2.41. The molecule has 0 atom stereocenters. The maximum Gasteiger partial charge on any atom is 0.337 e. The second kappa shape index (κ2) is 5.64. The molecule has 0 aliphatic carbocycles. The molecular formula is C12H8BrClFN3O2. The van der Waals surface area contributed by atoms with Crippen LogP contribution >= 0.6 is 27.5 Å². The van der Waals surface area contributed by atoms with Crippen molar-refractivity contribution in [3.8, 4) is 0 Å². The van der Waals surface area contributed by atoms with Crippen LogP contribution in [0.25, 0.3) is 0 Å². The Morgan fingerprint density at radius 2 is 2.15 bits per heavy atom. The fourth-order valence-electron chi connectivity index (χ4n) is 1.48. The maximum atomic E-state index is 13.1. The number of carboxylic acids is 1. The Morgan fingerprint density at radius 1 is 1.45 bits per heavy atom. The molecule has 4 N–H and O–H groups in total. The molecule has 0 aliphatic heterocycles. The molecule has 104 valence electrons. The van der Waals surface area contributed by atoms with Crippen LogP contribution in [0.4, 0.5) is 21.6 Å². The van der Waals surface area contributed by atoms with E-state index < -0.39 is 11.8 Å². The molecule has 2 rings (SSSR count). The quantitative estimate of drug-likeness (QED) is 0.777. The lowest BCUT2D eigenvalue weighted by molar-refractivity contribution is 0.0696. The van der Waals surface area contributed by atoms with Crippen molar-refractivity contribution in [2.24, 2.45) is 0 Å². The summed E-state index contributed by atoms with van der Waals surface area (Å²) < 4.78 is 13.5. The molecular weight excluding hydrogens is 353 g/mol. The van der Waals surface area contributed by atoms with Gasteiger partial charge >= 0.3 is 5.97 Å². The number of nitrogens with one attached hydrogen (secondary N) is 1. The van der Waals surface area contributed by atoms with Crippen LogP contribution in [-0.4, -0.2) is 16.1 Å². The van der Waals surface area contributed by atoms with Crippen molar-refractivity contribution in [2.45, 2.75) is 0 Å². The first-order chi connectivity index (χ1) is 9.38. The second-order valence-corrected chi connectivity index (χ2v) is 5.10. The van der Waals surface area contributed by atoms with Crippen LogP contribution in [-0.2, 0) is 0 Å².